The Morgan fingerprint density at radius 2 is 2.46 bits per heavy atom. The van der Waals surface area contributed by atoms with Crippen LogP contribution < -0.4 is 5.32 Å². The highest BCUT2D eigenvalue weighted by molar-refractivity contribution is 6.30. The first-order valence-corrected chi connectivity index (χ1v) is 4.25. The molecule has 1 rings (SSSR count). The quantitative estimate of drug-likeness (QED) is 0.555. The second kappa shape index (κ2) is 5.75. The Morgan fingerprint density at radius 1 is 1.62 bits per heavy atom. The second-order valence-electron chi connectivity index (χ2n) is 2.32. The van der Waals surface area contributed by atoms with Crippen LogP contribution in [-0.4, -0.2) is 30.0 Å². The molecule has 2 N–H and O–H groups in total. The van der Waals surface area contributed by atoms with Crippen LogP contribution in [0.2, 0.25) is 5.02 Å². The highest BCUT2D eigenvalue weighted by atomic mass is 35.5. The average Bonchev–Trinajstić information content (AvgIpc) is 2.13. The van der Waals surface area contributed by atoms with Gasteiger partial charge in [0.2, 0.25) is 0 Å². The molecule has 0 aliphatic rings. The zero-order valence-electron chi connectivity index (χ0n) is 7.03. The van der Waals surface area contributed by atoms with Gasteiger partial charge in [-0.3, -0.25) is 0 Å². The van der Waals surface area contributed by atoms with Gasteiger partial charge in [-0.25, -0.2) is 4.98 Å². The van der Waals surface area contributed by atoms with E-state index in [9.17, 15) is 0 Å². The number of aliphatic hydroxyl groups excluding tert-OH is 1. The highest BCUT2D eigenvalue weighted by Crippen LogP contribution is 2.10. The summed E-state index contributed by atoms with van der Waals surface area (Å²) >= 11 is 5.73. The number of nitrogens with zero attached hydrogens (tertiary/aromatic N) is 1. The third kappa shape index (κ3) is 4.07. The van der Waals surface area contributed by atoms with Gasteiger partial charge < -0.3 is 15.2 Å². The number of pyridine rings is 1. The van der Waals surface area contributed by atoms with Crippen molar-refractivity contribution in [2.24, 2.45) is 0 Å². The zero-order valence-corrected chi connectivity index (χ0v) is 7.79. The largest absolute Gasteiger partial charge is 0.371 e. The summed E-state index contributed by atoms with van der Waals surface area (Å²) in [5, 5.41) is 11.9. The van der Waals surface area contributed by atoms with E-state index in [1.54, 1.807) is 18.3 Å². The molecule has 1 aromatic rings. The van der Waals surface area contributed by atoms with Gasteiger partial charge >= 0.3 is 0 Å². The van der Waals surface area contributed by atoms with E-state index >= 15 is 0 Å². The Kier molecular flexibility index (Phi) is 4.53. The van der Waals surface area contributed by atoms with Crippen LogP contribution in [0.3, 0.4) is 0 Å². The summed E-state index contributed by atoms with van der Waals surface area (Å²) in [7, 11) is 0. The van der Waals surface area contributed by atoms with Gasteiger partial charge in [-0.15, -0.1) is 0 Å². The summed E-state index contributed by atoms with van der Waals surface area (Å²) in [5.41, 5.74) is 0. The van der Waals surface area contributed by atoms with E-state index in [1.807, 2.05) is 0 Å². The molecule has 0 atom stereocenters. The van der Waals surface area contributed by atoms with Crippen molar-refractivity contribution >= 4 is 17.4 Å². The number of hydrogen-bond donors (Lipinski definition) is 2. The molecule has 0 radical (unpaired) electrons. The Hall–Kier alpha value is -0.840. The maximum atomic E-state index is 8.32. The molecule has 0 amide bonds. The SMILES string of the molecule is OCOCCNc1cc(Cl)ccn1. The van der Waals surface area contributed by atoms with Crippen LogP contribution in [0, 0.1) is 0 Å². The maximum Gasteiger partial charge on any atom is 0.143 e. The number of anilines is 1. The van der Waals surface area contributed by atoms with E-state index in [-0.39, 0.29) is 6.79 Å². The number of hydrogen-bond acceptors (Lipinski definition) is 4. The highest BCUT2D eigenvalue weighted by Gasteiger charge is 1.93. The fourth-order valence-electron chi connectivity index (χ4n) is 0.817. The smallest absolute Gasteiger partial charge is 0.143 e. The first kappa shape index (κ1) is 10.2. The summed E-state index contributed by atoms with van der Waals surface area (Å²) in [6.07, 6.45) is 1.62. The van der Waals surface area contributed by atoms with Gasteiger partial charge in [0.05, 0.1) is 6.61 Å². The van der Waals surface area contributed by atoms with Crippen molar-refractivity contribution in [3.8, 4) is 0 Å². The van der Waals surface area contributed by atoms with Crippen LogP contribution in [0.15, 0.2) is 18.3 Å². The Balaban J connectivity index is 2.28. The van der Waals surface area contributed by atoms with Gasteiger partial charge in [-0.05, 0) is 12.1 Å². The lowest BCUT2D eigenvalue weighted by molar-refractivity contribution is 0.00377. The Morgan fingerprint density at radius 3 is 3.15 bits per heavy atom. The molecule has 72 valence electrons. The van der Waals surface area contributed by atoms with Crippen molar-refractivity contribution in [2.75, 3.05) is 25.3 Å². The Bertz CT molecular complexity index is 258. The van der Waals surface area contributed by atoms with E-state index in [2.05, 4.69) is 10.3 Å². The monoisotopic (exact) mass is 202 g/mol. The second-order valence-corrected chi connectivity index (χ2v) is 2.76. The minimum atomic E-state index is -0.259. The van der Waals surface area contributed by atoms with Crippen molar-refractivity contribution in [1.82, 2.24) is 4.98 Å². The average molecular weight is 203 g/mol. The van der Waals surface area contributed by atoms with Crippen molar-refractivity contribution < 1.29 is 9.84 Å². The van der Waals surface area contributed by atoms with Crippen molar-refractivity contribution in [2.45, 2.75) is 0 Å². The minimum absolute atomic E-state index is 0.259. The van der Waals surface area contributed by atoms with E-state index in [0.29, 0.717) is 24.0 Å². The van der Waals surface area contributed by atoms with Crippen molar-refractivity contribution in [1.29, 1.82) is 0 Å². The van der Waals surface area contributed by atoms with E-state index in [0.717, 1.165) is 0 Å². The third-order valence-electron chi connectivity index (χ3n) is 1.37. The molecule has 0 aromatic carbocycles. The lowest BCUT2D eigenvalue weighted by Gasteiger charge is -2.04. The molecular weight excluding hydrogens is 192 g/mol. The molecule has 0 aliphatic carbocycles. The standard InChI is InChI=1S/C8H11ClN2O2/c9-7-1-2-10-8(5-7)11-3-4-13-6-12/h1-2,5,12H,3-4,6H2,(H,10,11). The van der Waals surface area contributed by atoms with Gasteiger partial charge in [0.1, 0.15) is 12.6 Å². The number of aliphatic hydroxyl groups is 1. The van der Waals surface area contributed by atoms with Gasteiger partial charge in [-0.2, -0.15) is 0 Å². The molecule has 0 saturated heterocycles. The maximum absolute atomic E-state index is 8.32. The minimum Gasteiger partial charge on any atom is -0.371 e. The number of rotatable bonds is 5. The molecular formula is C8H11ClN2O2. The molecule has 0 fully saturated rings. The van der Waals surface area contributed by atoms with E-state index in [4.69, 9.17) is 21.4 Å². The molecule has 13 heavy (non-hydrogen) atoms. The van der Waals surface area contributed by atoms with Gasteiger partial charge in [0, 0.05) is 17.8 Å². The van der Waals surface area contributed by atoms with E-state index in [1.165, 1.54) is 0 Å². The molecule has 1 aromatic heterocycles. The normalized spacial score (nSPS) is 10.0. The third-order valence-corrected chi connectivity index (χ3v) is 1.60. The number of aromatic nitrogens is 1. The molecule has 1 heterocycles. The summed E-state index contributed by atoms with van der Waals surface area (Å²) in [4.78, 5) is 4.02. The topological polar surface area (TPSA) is 54.4 Å². The van der Waals surface area contributed by atoms with Crippen LogP contribution in [0.4, 0.5) is 5.82 Å². The molecule has 0 bridgehead atoms. The molecule has 0 unspecified atom stereocenters. The van der Waals surface area contributed by atoms with Crippen LogP contribution >= 0.6 is 11.6 Å². The molecule has 0 saturated carbocycles. The van der Waals surface area contributed by atoms with E-state index < -0.39 is 0 Å². The fourth-order valence-corrected chi connectivity index (χ4v) is 0.977. The summed E-state index contributed by atoms with van der Waals surface area (Å²) in [6.45, 7) is 0.767. The van der Waals surface area contributed by atoms with Gasteiger partial charge in [-0.1, -0.05) is 11.6 Å². The molecule has 4 nitrogen and oxygen atoms in total. The number of ether oxygens (including phenoxy) is 1. The summed E-state index contributed by atoms with van der Waals surface area (Å²) in [5.74, 6) is 0.703. The van der Waals surface area contributed by atoms with Crippen molar-refractivity contribution in [3.63, 3.8) is 0 Å². The predicted octanol–water partition coefficient (Wildman–Crippen LogP) is 1.11. The molecule has 0 spiro atoms. The number of nitrogens with one attached hydrogen (secondary N) is 1. The summed E-state index contributed by atoms with van der Waals surface area (Å²) in [6, 6.07) is 3.43. The number of halogens is 1. The predicted molar refractivity (Wildman–Crippen MR) is 50.8 cm³/mol. The van der Waals surface area contributed by atoms with Crippen LogP contribution in [0.5, 0.6) is 0 Å². The lowest BCUT2D eigenvalue weighted by atomic mass is 10.4. The van der Waals surface area contributed by atoms with Crippen LogP contribution in [0.1, 0.15) is 0 Å². The lowest BCUT2D eigenvalue weighted by Crippen LogP contribution is -2.10. The van der Waals surface area contributed by atoms with Crippen LogP contribution in [-0.2, 0) is 4.74 Å². The zero-order chi connectivity index (χ0) is 9.52. The first-order chi connectivity index (χ1) is 6.33. The summed E-state index contributed by atoms with van der Waals surface area (Å²) < 4.78 is 4.72. The fraction of sp³-hybridized carbons (Fsp3) is 0.375. The van der Waals surface area contributed by atoms with Crippen LogP contribution in [0.25, 0.3) is 0 Å². The Labute approximate surface area is 81.5 Å². The molecule has 5 heteroatoms. The van der Waals surface area contributed by atoms with Gasteiger partial charge in [0.25, 0.3) is 0 Å². The first-order valence-electron chi connectivity index (χ1n) is 3.87. The molecule has 0 aliphatic heterocycles. The van der Waals surface area contributed by atoms with Crippen molar-refractivity contribution in [3.05, 3.63) is 23.4 Å². The van der Waals surface area contributed by atoms with Gasteiger partial charge in [0.15, 0.2) is 0 Å².